The van der Waals surface area contributed by atoms with Crippen LogP contribution in [0.15, 0.2) is 54.6 Å². The van der Waals surface area contributed by atoms with Crippen molar-refractivity contribution in [2.75, 3.05) is 0 Å². The van der Waals surface area contributed by atoms with Crippen molar-refractivity contribution in [3.05, 3.63) is 71.3 Å². The highest BCUT2D eigenvalue weighted by molar-refractivity contribution is 5.43. The Hall–Kier alpha value is -1.60. The molecular formula is C16H16O. The molecule has 0 aliphatic heterocycles. The summed E-state index contributed by atoms with van der Waals surface area (Å²) in [5.74, 6) is 0.154. The molecule has 2 aromatic rings. The summed E-state index contributed by atoms with van der Waals surface area (Å²) < 4.78 is 0. The molecule has 0 saturated heterocycles. The monoisotopic (exact) mass is 224 g/mol. The van der Waals surface area contributed by atoms with Gasteiger partial charge < -0.3 is 5.11 Å². The molecule has 0 bridgehead atoms. The molecule has 0 amide bonds. The Morgan fingerprint density at radius 3 is 2.35 bits per heavy atom. The summed E-state index contributed by atoms with van der Waals surface area (Å²) in [5.41, 5.74) is 2.82. The van der Waals surface area contributed by atoms with Crippen LogP contribution in [0, 0.1) is 0 Å². The van der Waals surface area contributed by atoms with Gasteiger partial charge in [0.1, 0.15) is 5.60 Å². The Morgan fingerprint density at radius 1 is 1.00 bits per heavy atom. The molecule has 0 spiro atoms. The predicted molar refractivity (Wildman–Crippen MR) is 68.9 cm³/mol. The predicted octanol–water partition coefficient (Wildman–Crippen LogP) is 3.23. The second kappa shape index (κ2) is 3.71. The molecule has 0 radical (unpaired) electrons. The minimum absolute atomic E-state index is 0.154. The van der Waals surface area contributed by atoms with Crippen LogP contribution in [0.5, 0.6) is 0 Å². The van der Waals surface area contributed by atoms with E-state index in [2.05, 4.69) is 19.1 Å². The fourth-order valence-corrected chi connectivity index (χ4v) is 2.90. The Labute approximate surface area is 102 Å². The van der Waals surface area contributed by atoms with Gasteiger partial charge in [-0.05, 0) is 16.7 Å². The largest absolute Gasteiger partial charge is 0.384 e. The first-order valence-electron chi connectivity index (χ1n) is 6.07. The lowest BCUT2D eigenvalue weighted by Crippen LogP contribution is -2.29. The highest BCUT2D eigenvalue weighted by atomic mass is 16.3. The van der Waals surface area contributed by atoms with Crippen LogP contribution in [0.2, 0.25) is 0 Å². The molecule has 2 atom stereocenters. The van der Waals surface area contributed by atoms with Crippen molar-refractivity contribution >= 4 is 0 Å². The molecule has 1 heteroatoms. The minimum Gasteiger partial charge on any atom is -0.384 e. The summed E-state index contributed by atoms with van der Waals surface area (Å²) in [6, 6.07) is 18.3. The lowest BCUT2D eigenvalue weighted by molar-refractivity contribution is 0.0250. The molecule has 1 aliphatic carbocycles. The van der Waals surface area contributed by atoms with Crippen LogP contribution in [0.4, 0.5) is 0 Å². The Bertz CT molecular complexity index is 532. The normalized spacial score (nSPS) is 26.8. The Balaban J connectivity index is 2.09. The van der Waals surface area contributed by atoms with Crippen LogP contribution in [0.3, 0.4) is 0 Å². The second-order valence-electron chi connectivity index (χ2n) is 4.89. The summed E-state index contributed by atoms with van der Waals surface area (Å²) in [4.78, 5) is 0. The quantitative estimate of drug-likeness (QED) is 0.788. The average molecular weight is 224 g/mol. The molecule has 1 nitrogen and oxygen atoms in total. The summed E-state index contributed by atoms with van der Waals surface area (Å²) in [5, 5.41) is 11.0. The number of hydrogen-bond donors (Lipinski definition) is 1. The second-order valence-corrected chi connectivity index (χ2v) is 4.89. The van der Waals surface area contributed by atoms with E-state index in [4.69, 9.17) is 0 Å². The van der Waals surface area contributed by atoms with Crippen LogP contribution in [-0.4, -0.2) is 5.11 Å². The van der Waals surface area contributed by atoms with Crippen LogP contribution in [0.1, 0.15) is 29.5 Å². The molecule has 3 rings (SSSR count). The van der Waals surface area contributed by atoms with E-state index in [0.717, 1.165) is 5.56 Å². The molecule has 17 heavy (non-hydrogen) atoms. The van der Waals surface area contributed by atoms with Crippen LogP contribution >= 0.6 is 0 Å². The molecule has 1 aliphatic rings. The van der Waals surface area contributed by atoms with Gasteiger partial charge in [-0.3, -0.25) is 0 Å². The SMILES string of the molecule is C[C@@H]1c2ccccc2C[C@@]1(O)c1ccccc1. The smallest absolute Gasteiger partial charge is 0.100 e. The van der Waals surface area contributed by atoms with Gasteiger partial charge in [0.2, 0.25) is 0 Å². The van der Waals surface area contributed by atoms with E-state index in [1.165, 1.54) is 11.1 Å². The number of fused-ring (bicyclic) bond motifs is 1. The number of rotatable bonds is 1. The van der Waals surface area contributed by atoms with Crippen LogP contribution in [-0.2, 0) is 12.0 Å². The van der Waals surface area contributed by atoms with Gasteiger partial charge in [0.05, 0.1) is 0 Å². The maximum atomic E-state index is 11.0. The van der Waals surface area contributed by atoms with Gasteiger partial charge in [-0.15, -0.1) is 0 Å². The molecule has 86 valence electrons. The molecule has 0 unspecified atom stereocenters. The first-order valence-corrected chi connectivity index (χ1v) is 6.07. The van der Waals surface area contributed by atoms with Gasteiger partial charge >= 0.3 is 0 Å². The van der Waals surface area contributed by atoms with E-state index in [1.54, 1.807) is 0 Å². The van der Waals surface area contributed by atoms with E-state index in [1.807, 2.05) is 42.5 Å². The zero-order chi connectivity index (χ0) is 11.9. The maximum absolute atomic E-state index is 11.0. The van der Waals surface area contributed by atoms with E-state index in [0.29, 0.717) is 6.42 Å². The molecule has 0 saturated carbocycles. The number of aliphatic hydroxyl groups is 1. The minimum atomic E-state index is -0.745. The summed E-state index contributed by atoms with van der Waals surface area (Å²) in [6.07, 6.45) is 0.717. The number of hydrogen-bond acceptors (Lipinski definition) is 1. The highest BCUT2D eigenvalue weighted by Gasteiger charge is 2.42. The summed E-state index contributed by atoms with van der Waals surface area (Å²) >= 11 is 0. The third kappa shape index (κ3) is 1.50. The van der Waals surface area contributed by atoms with Crippen molar-refractivity contribution in [1.29, 1.82) is 0 Å². The maximum Gasteiger partial charge on any atom is 0.100 e. The van der Waals surface area contributed by atoms with Gasteiger partial charge in [-0.2, -0.15) is 0 Å². The summed E-state index contributed by atoms with van der Waals surface area (Å²) in [6.45, 7) is 2.11. The zero-order valence-corrected chi connectivity index (χ0v) is 9.93. The van der Waals surface area contributed by atoms with Gasteiger partial charge in [0, 0.05) is 12.3 Å². The Morgan fingerprint density at radius 2 is 1.65 bits per heavy atom. The van der Waals surface area contributed by atoms with Crippen LogP contribution in [0.25, 0.3) is 0 Å². The van der Waals surface area contributed by atoms with E-state index < -0.39 is 5.60 Å². The number of benzene rings is 2. The van der Waals surface area contributed by atoms with Crippen molar-refractivity contribution in [1.82, 2.24) is 0 Å². The highest BCUT2D eigenvalue weighted by Crippen LogP contribution is 2.46. The van der Waals surface area contributed by atoms with E-state index >= 15 is 0 Å². The van der Waals surface area contributed by atoms with Crippen molar-refractivity contribution in [2.24, 2.45) is 0 Å². The lowest BCUT2D eigenvalue weighted by atomic mass is 9.83. The first-order chi connectivity index (χ1) is 8.22. The molecule has 0 fully saturated rings. The third-order valence-electron chi connectivity index (χ3n) is 3.97. The summed E-state index contributed by atoms with van der Waals surface area (Å²) in [7, 11) is 0. The topological polar surface area (TPSA) is 20.2 Å². The van der Waals surface area contributed by atoms with E-state index in [-0.39, 0.29) is 5.92 Å². The van der Waals surface area contributed by atoms with Gasteiger partial charge in [-0.25, -0.2) is 0 Å². The van der Waals surface area contributed by atoms with Crippen LogP contribution < -0.4 is 0 Å². The van der Waals surface area contributed by atoms with Gasteiger partial charge in [-0.1, -0.05) is 61.5 Å². The van der Waals surface area contributed by atoms with Crippen molar-refractivity contribution in [2.45, 2.75) is 24.9 Å². The lowest BCUT2D eigenvalue weighted by Gasteiger charge is -2.28. The zero-order valence-electron chi connectivity index (χ0n) is 9.93. The van der Waals surface area contributed by atoms with E-state index in [9.17, 15) is 5.11 Å². The molecule has 2 aromatic carbocycles. The van der Waals surface area contributed by atoms with Gasteiger partial charge in [0.25, 0.3) is 0 Å². The fourth-order valence-electron chi connectivity index (χ4n) is 2.90. The third-order valence-corrected chi connectivity index (χ3v) is 3.97. The average Bonchev–Trinajstić information content (AvgIpc) is 2.65. The molecular weight excluding hydrogens is 208 g/mol. The fraction of sp³-hybridized carbons (Fsp3) is 0.250. The molecule has 0 aromatic heterocycles. The first kappa shape index (κ1) is 10.5. The van der Waals surface area contributed by atoms with Crippen molar-refractivity contribution in [3.63, 3.8) is 0 Å². The molecule has 0 heterocycles. The van der Waals surface area contributed by atoms with Gasteiger partial charge in [0.15, 0.2) is 0 Å². The van der Waals surface area contributed by atoms with Crippen molar-refractivity contribution < 1.29 is 5.11 Å². The Kier molecular flexibility index (Phi) is 2.30. The molecule has 1 N–H and O–H groups in total. The van der Waals surface area contributed by atoms with Crippen molar-refractivity contribution in [3.8, 4) is 0 Å². The standard InChI is InChI=1S/C16H16O/c1-12-15-10-6-5-7-13(15)11-16(12,17)14-8-3-2-4-9-14/h2-10,12,17H,11H2,1H3/t12-,16+/m1/s1.